The minimum atomic E-state index is 0.0445. The summed E-state index contributed by atoms with van der Waals surface area (Å²) in [5.41, 5.74) is 2.09. The van der Waals surface area contributed by atoms with Gasteiger partial charge in [-0.2, -0.15) is 0 Å². The van der Waals surface area contributed by atoms with Gasteiger partial charge in [0.2, 0.25) is 5.91 Å². The molecule has 0 N–H and O–H groups in total. The maximum atomic E-state index is 12.3. The molecule has 21 heavy (non-hydrogen) atoms. The Morgan fingerprint density at radius 1 is 1.33 bits per heavy atom. The maximum Gasteiger partial charge on any atom is 0.228 e. The fourth-order valence-corrected chi connectivity index (χ4v) is 3.26. The summed E-state index contributed by atoms with van der Waals surface area (Å²) in [7, 11) is 0. The summed E-state index contributed by atoms with van der Waals surface area (Å²) in [6, 6.07) is 9.77. The molecule has 0 saturated carbocycles. The first-order chi connectivity index (χ1) is 10.2. The Morgan fingerprint density at radius 3 is 2.86 bits per heavy atom. The molecule has 1 amide bonds. The van der Waals surface area contributed by atoms with Gasteiger partial charge < -0.3 is 4.42 Å². The summed E-state index contributed by atoms with van der Waals surface area (Å²) in [5.74, 6) is 0.802. The van der Waals surface area contributed by atoms with Crippen molar-refractivity contribution in [3.8, 4) is 0 Å². The van der Waals surface area contributed by atoms with Gasteiger partial charge >= 0.3 is 0 Å². The topological polar surface area (TPSA) is 46.3 Å². The zero-order valence-electron chi connectivity index (χ0n) is 12.0. The van der Waals surface area contributed by atoms with Crippen molar-refractivity contribution >= 4 is 32.6 Å². The van der Waals surface area contributed by atoms with Crippen molar-refractivity contribution < 1.29 is 9.21 Å². The van der Waals surface area contributed by atoms with Gasteiger partial charge in [0, 0.05) is 6.42 Å². The molecule has 0 bridgehead atoms. The lowest BCUT2D eigenvalue weighted by atomic mass is 10.2. The highest BCUT2D eigenvalue weighted by Crippen LogP contribution is 2.31. The summed E-state index contributed by atoms with van der Waals surface area (Å²) in [5, 5.41) is 0.725. The Balaban J connectivity index is 2.01. The van der Waals surface area contributed by atoms with Gasteiger partial charge in [-0.1, -0.05) is 30.4 Å². The van der Waals surface area contributed by atoms with Crippen LogP contribution >= 0.6 is 11.3 Å². The highest BCUT2D eigenvalue weighted by molar-refractivity contribution is 7.22. The number of rotatable bonds is 4. The number of carbonyl (C=O) groups excluding carboxylic acids is 1. The van der Waals surface area contributed by atoms with Crippen molar-refractivity contribution in [1.82, 2.24) is 4.98 Å². The fraction of sp³-hybridized carbons (Fsp3) is 0.250. The predicted molar refractivity (Wildman–Crippen MR) is 84.5 cm³/mol. The molecule has 0 fully saturated rings. The normalized spacial score (nSPS) is 11.0. The van der Waals surface area contributed by atoms with Crippen LogP contribution in [0.1, 0.15) is 24.7 Å². The van der Waals surface area contributed by atoms with Crippen LogP contribution in [-0.2, 0) is 11.3 Å². The van der Waals surface area contributed by atoms with Crippen molar-refractivity contribution in [1.29, 1.82) is 0 Å². The number of hydrogen-bond acceptors (Lipinski definition) is 4. The molecule has 0 unspecified atom stereocenters. The zero-order valence-corrected chi connectivity index (χ0v) is 12.8. The number of carbonyl (C=O) groups is 1. The molecule has 0 aliphatic carbocycles. The molecule has 2 heterocycles. The molecule has 1 aromatic carbocycles. The number of amides is 1. The number of aromatic nitrogens is 1. The molecule has 3 rings (SSSR count). The number of benzene rings is 1. The van der Waals surface area contributed by atoms with Crippen molar-refractivity contribution in [3.63, 3.8) is 0 Å². The van der Waals surface area contributed by atoms with Crippen LogP contribution in [-0.4, -0.2) is 10.9 Å². The van der Waals surface area contributed by atoms with Crippen molar-refractivity contribution in [3.05, 3.63) is 47.9 Å². The molecule has 0 saturated heterocycles. The number of thiazole rings is 1. The first-order valence-corrected chi connectivity index (χ1v) is 7.69. The van der Waals surface area contributed by atoms with Crippen molar-refractivity contribution in [2.24, 2.45) is 0 Å². The van der Waals surface area contributed by atoms with Gasteiger partial charge in [-0.05, 0) is 30.7 Å². The summed E-state index contributed by atoms with van der Waals surface area (Å²) in [6.45, 7) is 4.30. The second kappa shape index (κ2) is 5.69. The van der Waals surface area contributed by atoms with E-state index in [0.29, 0.717) is 13.0 Å². The number of fused-ring (bicyclic) bond motifs is 1. The van der Waals surface area contributed by atoms with Crippen LogP contribution < -0.4 is 4.90 Å². The average molecular weight is 300 g/mol. The van der Waals surface area contributed by atoms with Crippen LogP contribution in [0.5, 0.6) is 0 Å². The van der Waals surface area contributed by atoms with E-state index in [4.69, 9.17) is 4.42 Å². The first kappa shape index (κ1) is 13.8. The third kappa shape index (κ3) is 2.69. The molecule has 4 nitrogen and oxygen atoms in total. The lowest BCUT2D eigenvalue weighted by molar-refractivity contribution is -0.118. The number of hydrogen-bond donors (Lipinski definition) is 0. The van der Waals surface area contributed by atoms with Crippen LogP contribution in [0.2, 0.25) is 0 Å². The van der Waals surface area contributed by atoms with E-state index in [9.17, 15) is 4.79 Å². The lowest BCUT2D eigenvalue weighted by Crippen LogP contribution is -2.29. The Hall–Kier alpha value is -2.14. The van der Waals surface area contributed by atoms with E-state index in [-0.39, 0.29) is 5.91 Å². The number of furan rings is 1. The molecule has 108 valence electrons. The molecule has 5 heteroatoms. The summed E-state index contributed by atoms with van der Waals surface area (Å²) >= 11 is 1.54. The Kier molecular flexibility index (Phi) is 3.75. The summed E-state index contributed by atoms with van der Waals surface area (Å²) in [6.07, 6.45) is 2.06. The molecule has 0 spiro atoms. The maximum absolute atomic E-state index is 12.3. The largest absolute Gasteiger partial charge is 0.467 e. The number of para-hydroxylation sites is 1. The zero-order chi connectivity index (χ0) is 14.8. The highest BCUT2D eigenvalue weighted by atomic mass is 32.1. The standard InChI is InChI=1S/C16H16N2O2S/c1-3-14(19)18(10-12-7-5-9-20-12)16-17-15-11(2)6-4-8-13(15)21-16/h4-9H,3,10H2,1-2H3. The first-order valence-electron chi connectivity index (χ1n) is 6.88. The fourth-order valence-electron chi connectivity index (χ4n) is 2.20. The Morgan fingerprint density at radius 2 is 2.19 bits per heavy atom. The third-order valence-corrected chi connectivity index (χ3v) is 4.38. The minimum Gasteiger partial charge on any atom is -0.467 e. The van der Waals surface area contributed by atoms with E-state index < -0.39 is 0 Å². The lowest BCUT2D eigenvalue weighted by Gasteiger charge is -2.17. The van der Waals surface area contributed by atoms with Crippen LogP contribution in [0.25, 0.3) is 10.2 Å². The molecular formula is C16H16N2O2S. The quantitative estimate of drug-likeness (QED) is 0.727. The van der Waals surface area contributed by atoms with Crippen molar-refractivity contribution in [2.75, 3.05) is 4.90 Å². The molecule has 3 aromatic rings. The number of anilines is 1. The molecular weight excluding hydrogens is 284 g/mol. The van der Waals surface area contributed by atoms with Crippen LogP contribution in [0.4, 0.5) is 5.13 Å². The smallest absolute Gasteiger partial charge is 0.228 e. The number of aryl methyl sites for hydroxylation is 1. The van der Waals surface area contributed by atoms with E-state index in [1.165, 1.54) is 11.3 Å². The van der Waals surface area contributed by atoms with E-state index >= 15 is 0 Å². The SMILES string of the molecule is CCC(=O)N(Cc1ccco1)c1nc2c(C)cccc2s1. The van der Waals surface area contributed by atoms with E-state index in [0.717, 1.165) is 26.7 Å². The molecule has 0 radical (unpaired) electrons. The molecule has 0 aliphatic heterocycles. The predicted octanol–water partition coefficient (Wildman–Crippen LogP) is 4.14. The van der Waals surface area contributed by atoms with Gasteiger partial charge in [-0.15, -0.1) is 0 Å². The van der Waals surface area contributed by atoms with Gasteiger partial charge in [-0.25, -0.2) is 4.98 Å². The Bertz CT molecular complexity index is 762. The van der Waals surface area contributed by atoms with E-state index in [2.05, 4.69) is 4.98 Å². The second-order valence-corrected chi connectivity index (χ2v) is 5.84. The third-order valence-electron chi connectivity index (χ3n) is 3.34. The Labute approximate surface area is 127 Å². The van der Waals surface area contributed by atoms with Gasteiger partial charge in [0.15, 0.2) is 5.13 Å². The minimum absolute atomic E-state index is 0.0445. The second-order valence-electron chi connectivity index (χ2n) is 4.83. The van der Waals surface area contributed by atoms with Gasteiger partial charge in [0.25, 0.3) is 0 Å². The van der Waals surface area contributed by atoms with Crippen LogP contribution in [0.15, 0.2) is 41.0 Å². The number of nitrogens with zero attached hydrogens (tertiary/aromatic N) is 2. The molecule has 0 atom stereocenters. The monoisotopic (exact) mass is 300 g/mol. The van der Waals surface area contributed by atoms with Gasteiger partial charge in [0.1, 0.15) is 5.76 Å². The van der Waals surface area contributed by atoms with Gasteiger partial charge in [0.05, 0.1) is 23.0 Å². The highest BCUT2D eigenvalue weighted by Gasteiger charge is 2.20. The van der Waals surface area contributed by atoms with Crippen LogP contribution in [0.3, 0.4) is 0 Å². The van der Waals surface area contributed by atoms with Crippen molar-refractivity contribution in [2.45, 2.75) is 26.8 Å². The molecule has 2 aromatic heterocycles. The average Bonchev–Trinajstić information content (AvgIpc) is 3.13. The van der Waals surface area contributed by atoms with E-state index in [1.807, 2.05) is 44.2 Å². The summed E-state index contributed by atoms with van der Waals surface area (Å²) < 4.78 is 6.46. The molecule has 0 aliphatic rings. The van der Waals surface area contributed by atoms with Gasteiger partial charge in [-0.3, -0.25) is 9.69 Å². The van der Waals surface area contributed by atoms with E-state index in [1.54, 1.807) is 11.2 Å². The van der Waals surface area contributed by atoms with Crippen LogP contribution in [0, 0.1) is 6.92 Å². The summed E-state index contributed by atoms with van der Waals surface area (Å²) in [4.78, 5) is 18.6.